The van der Waals surface area contributed by atoms with Gasteiger partial charge in [-0.2, -0.15) is 16.4 Å². The number of nitrogens with zero attached hydrogens (tertiary/aromatic N) is 3. The SMILES string of the molecule is O=C(Cc1ccsc1)N1CCn2nc3c(c2C1)CCC3. The molecule has 4 nitrogen and oxygen atoms in total. The first-order chi connectivity index (χ1) is 9.81. The Bertz CT molecular complexity index is 644. The van der Waals surface area contributed by atoms with Gasteiger partial charge >= 0.3 is 0 Å². The third kappa shape index (κ3) is 1.97. The second kappa shape index (κ2) is 4.74. The maximum absolute atomic E-state index is 12.4. The molecule has 2 aromatic heterocycles. The number of hydrogen-bond acceptors (Lipinski definition) is 3. The molecule has 0 unspecified atom stereocenters. The van der Waals surface area contributed by atoms with Crippen molar-refractivity contribution in [2.75, 3.05) is 6.54 Å². The minimum atomic E-state index is 0.239. The average Bonchev–Trinajstić information content (AvgIpc) is 3.13. The fourth-order valence-corrected chi connectivity index (χ4v) is 3.91. The molecule has 3 heterocycles. The maximum Gasteiger partial charge on any atom is 0.227 e. The second-order valence-electron chi connectivity index (χ2n) is 5.57. The van der Waals surface area contributed by atoms with Crippen LogP contribution >= 0.6 is 11.3 Å². The standard InChI is InChI=1S/C15H17N3OS/c19-15(8-11-4-7-20-10-11)17-5-6-18-14(9-17)12-2-1-3-13(12)16-18/h4,7,10H,1-3,5-6,8-9H2. The van der Waals surface area contributed by atoms with Crippen LogP contribution in [0.5, 0.6) is 0 Å². The van der Waals surface area contributed by atoms with Gasteiger partial charge in [-0.3, -0.25) is 9.48 Å². The van der Waals surface area contributed by atoms with Crippen molar-refractivity contribution in [2.24, 2.45) is 0 Å². The fourth-order valence-electron chi connectivity index (χ4n) is 3.24. The summed E-state index contributed by atoms with van der Waals surface area (Å²) in [6, 6.07) is 2.04. The van der Waals surface area contributed by atoms with E-state index in [0.717, 1.165) is 38.0 Å². The highest BCUT2D eigenvalue weighted by Gasteiger charge is 2.28. The molecule has 1 aliphatic carbocycles. The Morgan fingerprint density at radius 1 is 1.35 bits per heavy atom. The molecule has 0 N–H and O–H groups in total. The topological polar surface area (TPSA) is 38.1 Å². The summed E-state index contributed by atoms with van der Waals surface area (Å²) in [4.78, 5) is 14.4. The van der Waals surface area contributed by atoms with Gasteiger partial charge in [-0.15, -0.1) is 0 Å². The minimum Gasteiger partial charge on any atom is -0.335 e. The maximum atomic E-state index is 12.4. The molecule has 1 aliphatic heterocycles. The summed E-state index contributed by atoms with van der Waals surface area (Å²) in [6.45, 7) is 2.37. The first-order valence-electron chi connectivity index (χ1n) is 7.17. The Morgan fingerprint density at radius 3 is 3.15 bits per heavy atom. The molecule has 0 radical (unpaired) electrons. The minimum absolute atomic E-state index is 0.239. The van der Waals surface area contributed by atoms with E-state index in [4.69, 9.17) is 0 Å². The largest absolute Gasteiger partial charge is 0.335 e. The van der Waals surface area contributed by atoms with Crippen LogP contribution in [0.15, 0.2) is 16.8 Å². The van der Waals surface area contributed by atoms with Gasteiger partial charge in [0.2, 0.25) is 5.91 Å². The van der Waals surface area contributed by atoms with Gasteiger partial charge in [-0.05, 0) is 47.2 Å². The van der Waals surface area contributed by atoms with Gasteiger partial charge in [0.05, 0.1) is 30.9 Å². The van der Waals surface area contributed by atoms with Gasteiger partial charge in [0.15, 0.2) is 0 Å². The smallest absolute Gasteiger partial charge is 0.227 e. The van der Waals surface area contributed by atoms with E-state index in [0.29, 0.717) is 6.42 Å². The van der Waals surface area contributed by atoms with Crippen molar-refractivity contribution >= 4 is 17.2 Å². The highest BCUT2D eigenvalue weighted by molar-refractivity contribution is 7.07. The number of carbonyl (C=O) groups is 1. The first-order valence-corrected chi connectivity index (χ1v) is 8.12. The summed E-state index contributed by atoms with van der Waals surface area (Å²) >= 11 is 1.65. The lowest BCUT2D eigenvalue weighted by atomic mass is 10.1. The molecule has 0 saturated heterocycles. The van der Waals surface area contributed by atoms with Crippen LogP contribution in [0.25, 0.3) is 0 Å². The number of amides is 1. The van der Waals surface area contributed by atoms with Crippen molar-refractivity contribution in [1.29, 1.82) is 0 Å². The summed E-state index contributed by atoms with van der Waals surface area (Å²) in [5.74, 6) is 0.239. The number of aryl methyl sites for hydroxylation is 1. The number of hydrogen-bond donors (Lipinski definition) is 0. The van der Waals surface area contributed by atoms with E-state index < -0.39 is 0 Å². The van der Waals surface area contributed by atoms with Crippen molar-refractivity contribution in [3.63, 3.8) is 0 Å². The fraction of sp³-hybridized carbons (Fsp3) is 0.467. The summed E-state index contributed by atoms with van der Waals surface area (Å²) in [5, 5.41) is 8.77. The van der Waals surface area contributed by atoms with E-state index >= 15 is 0 Å². The zero-order chi connectivity index (χ0) is 13.5. The molecule has 104 valence electrons. The van der Waals surface area contributed by atoms with Crippen molar-refractivity contribution in [2.45, 2.75) is 38.8 Å². The summed E-state index contributed by atoms with van der Waals surface area (Å²) in [5.41, 5.74) is 5.09. The molecule has 20 heavy (non-hydrogen) atoms. The Labute approximate surface area is 122 Å². The predicted octanol–water partition coefficient (Wildman–Crippen LogP) is 2.02. The molecule has 0 saturated carbocycles. The normalized spacial score (nSPS) is 17.1. The summed E-state index contributed by atoms with van der Waals surface area (Å²) in [7, 11) is 0. The van der Waals surface area contributed by atoms with Crippen molar-refractivity contribution < 1.29 is 4.79 Å². The van der Waals surface area contributed by atoms with Crippen LogP contribution < -0.4 is 0 Å². The molecule has 0 fully saturated rings. The van der Waals surface area contributed by atoms with Crippen molar-refractivity contribution in [3.05, 3.63) is 39.3 Å². The van der Waals surface area contributed by atoms with Crippen LogP contribution in [0.4, 0.5) is 0 Å². The lowest BCUT2D eigenvalue weighted by molar-refractivity contribution is -0.132. The lowest BCUT2D eigenvalue weighted by Crippen LogP contribution is -2.39. The molecule has 2 aliphatic rings. The van der Waals surface area contributed by atoms with Gasteiger partial charge in [0, 0.05) is 6.54 Å². The molecule has 0 bridgehead atoms. The molecule has 0 atom stereocenters. The van der Waals surface area contributed by atoms with Gasteiger partial charge < -0.3 is 4.90 Å². The third-order valence-electron chi connectivity index (χ3n) is 4.30. The number of fused-ring (bicyclic) bond motifs is 3. The van der Waals surface area contributed by atoms with E-state index in [2.05, 4.69) is 15.2 Å². The van der Waals surface area contributed by atoms with Gasteiger partial charge in [-0.1, -0.05) is 0 Å². The highest BCUT2D eigenvalue weighted by atomic mass is 32.1. The molecular formula is C15H17N3OS. The Hall–Kier alpha value is -1.62. The Kier molecular flexibility index (Phi) is 2.88. The van der Waals surface area contributed by atoms with Crippen LogP contribution in [0, 0.1) is 0 Å². The highest BCUT2D eigenvalue weighted by Crippen LogP contribution is 2.28. The zero-order valence-electron chi connectivity index (χ0n) is 11.3. The molecule has 5 heteroatoms. The quantitative estimate of drug-likeness (QED) is 0.847. The lowest BCUT2D eigenvalue weighted by Gasteiger charge is -2.28. The first kappa shape index (κ1) is 12.1. The van der Waals surface area contributed by atoms with Crippen LogP contribution in [0.1, 0.15) is 28.9 Å². The van der Waals surface area contributed by atoms with E-state index in [1.54, 1.807) is 11.3 Å². The number of aromatic nitrogens is 2. The summed E-state index contributed by atoms with van der Waals surface area (Å²) < 4.78 is 2.12. The van der Waals surface area contributed by atoms with Crippen LogP contribution in [0.2, 0.25) is 0 Å². The number of thiophene rings is 1. The molecule has 0 spiro atoms. The monoisotopic (exact) mass is 287 g/mol. The molecule has 0 aromatic carbocycles. The van der Waals surface area contributed by atoms with Crippen LogP contribution in [-0.4, -0.2) is 27.1 Å². The van der Waals surface area contributed by atoms with Crippen molar-refractivity contribution in [3.8, 4) is 0 Å². The average molecular weight is 287 g/mol. The van der Waals surface area contributed by atoms with Gasteiger partial charge in [-0.25, -0.2) is 0 Å². The summed E-state index contributed by atoms with van der Waals surface area (Å²) in [6.07, 6.45) is 3.99. The zero-order valence-corrected chi connectivity index (χ0v) is 12.2. The van der Waals surface area contributed by atoms with E-state index in [1.165, 1.54) is 23.4 Å². The number of carbonyl (C=O) groups excluding carboxylic acids is 1. The van der Waals surface area contributed by atoms with Crippen LogP contribution in [0.3, 0.4) is 0 Å². The number of rotatable bonds is 2. The van der Waals surface area contributed by atoms with Crippen molar-refractivity contribution in [1.82, 2.24) is 14.7 Å². The van der Waals surface area contributed by atoms with Gasteiger partial charge in [0.1, 0.15) is 0 Å². The Balaban J connectivity index is 1.53. The molecular weight excluding hydrogens is 270 g/mol. The molecule has 4 rings (SSSR count). The van der Waals surface area contributed by atoms with E-state index in [9.17, 15) is 4.79 Å². The molecule has 1 amide bonds. The second-order valence-corrected chi connectivity index (χ2v) is 6.35. The van der Waals surface area contributed by atoms with Crippen LogP contribution in [-0.2, 0) is 37.1 Å². The predicted molar refractivity (Wildman–Crippen MR) is 77.7 cm³/mol. The third-order valence-corrected chi connectivity index (χ3v) is 5.03. The van der Waals surface area contributed by atoms with Gasteiger partial charge in [0.25, 0.3) is 0 Å². The Morgan fingerprint density at radius 2 is 2.30 bits per heavy atom. The van der Waals surface area contributed by atoms with E-state index in [-0.39, 0.29) is 5.91 Å². The van der Waals surface area contributed by atoms with E-state index in [1.807, 2.05) is 16.3 Å². The molecule has 2 aromatic rings.